The van der Waals surface area contributed by atoms with Crippen LogP contribution in [0.1, 0.15) is 136 Å². The number of carbonyl (C=O) groups is 2. The van der Waals surface area contributed by atoms with E-state index in [-0.39, 0.29) is 19.4 Å². The van der Waals surface area contributed by atoms with Gasteiger partial charge in [0.2, 0.25) is 0 Å². The van der Waals surface area contributed by atoms with Crippen molar-refractivity contribution >= 4 is 11.9 Å². The molecule has 2 fully saturated rings. The Labute approximate surface area is 363 Å². The van der Waals surface area contributed by atoms with Crippen molar-refractivity contribution in [2.24, 2.45) is 0 Å². The highest BCUT2D eigenvalue weighted by Crippen LogP contribution is 2.26. The van der Waals surface area contributed by atoms with Crippen LogP contribution in [0.15, 0.2) is 48.6 Å². The summed E-state index contributed by atoms with van der Waals surface area (Å²) in [6.07, 6.45) is 17.5. The topological polar surface area (TPSA) is 231 Å². The molecule has 0 saturated carbocycles. The van der Waals surface area contributed by atoms with E-state index in [4.69, 9.17) is 28.4 Å². The Morgan fingerprint density at radius 3 is 1.59 bits per heavy atom. The van der Waals surface area contributed by atoms with Crippen molar-refractivity contribution in [3.05, 3.63) is 48.6 Å². The quantitative estimate of drug-likeness (QED) is 0.0268. The van der Waals surface area contributed by atoms with Crippen molar-refractivity contribution in [1.29, 1.82) is 0 Å². The van der Waals surface area contributed by atoms with Gasteiger partial charge in [0.25, 0.3) is 0 Å². The summed E-state index contributed by atoms with van der Waals surface area (Å²) in [5.74, 6) is -1.000. The van der Waals surface area contributed by atoms with Gasteiger partial charge in [-0.3, -0.25) is 9.59 Å². The molecule has 0 radical (unpaired) electrons. The van der Waals surface area contributed by atoms with E-state index in [1.165, 1.54) is 44.9 Å². The average molecular weight is 871 g/mol. The van der Waals surface area contributed by atoms with Gasteiger partial charge in [0, 0.05) is 12.8 Å². The third-order valence-corrected chi connectivity index (χ3v) is 10.6. The number of hydrogen-bond acceptors (Lipinski definition) is 15. The summed E-state index contributed by atoms with van der Waals surface area (Å²) in [4.78, 5) is 25.5. The number of esters is 2. The molecule has 0 amide bonds. The molecule has 0 aliphatic carbocycles. The number of carbonyl (C=O) groups excluding carboxylic acids is 2. The molecule has 15 nitrogen and oxygen atoms in total. The molecule has 11 atom stereocenters. The first-order valence-electron chi connectivity index (χ1n) is 22.7. The predicted octanol–water partition coefficient (Wildman–Crippen LogP) is 4.76. The summed E-state index contributed by atoms with van der Waals surface area (Å²) in [6.45, 7) is 2.43. The molecule has 2 rings (SSSR count). The van der Waals surface area contributed by atoms with E-state index in [0.29, 0.717) is 19.3 Å². The van der Waals surface area contributed by atoms with Crippen LogP contribution in [0.25, 0.3) is 0 Å². The lowest BCUT2D eigenvalue weighted by Crippen LogP contribution is -2.61. The zero-order chi connectivity index (χ0) is 44.7. The van der Waals surface area contributed by atoms with Crippen molar-refractivity contribution < 1.29 is 73.8 Å². The van der Waals surface area contributed by atoms with Gasteiger partial charge in [-0.2, -0.15) is 0 Å². The summed E-state index contributed by atoms with van der Waals surface area (Å²) < 4.78 is 33.3. The first kappa shape index (κ1) is 54.6. The highest BCUT2D eigenvalue weighted by Gasteiger charge is 2.47. The zero-order valence-corrected chi connectivity index (χ0v) is 36.6. The minimum absolute atomic E-state index is 0.0888. The molecule has 15 heteroatoms. The molecule has 2 aliphatic heterocycles. The Bertz CT molecular complexity index is 1260. The number of aliphatic hydroxyl groups is 7. The molecule has 0 spiro atoms. The zero-order valence-electron chi connectivity index (χ0n) is 36.6. The lowest BCUT2D eigenvalue weighted by molar-refractivity contribution is -0.332. The molecule has 2 aliphatic rings. The minimum Gasteiger partial charge on any atom is -0.462 e. The van der Waals surface area contributed by atoms with Crippen molar-refractivity contribution in [1.82, 2.24) is 0 Å². The molecule has 4 unspecified atom stereocenters. The molecule has 61 heavy (non-hydrogen) atoms. The third-order valence-electron chi connectivity index (χ3n) is 10.6. The number of unbranched alkanes of at least 4 members (excludes halogenated alkanes) is 11. The Hall–Kier alpha value is -2.54. The number of ether oxygens (including phenoxy) is 6. The van der Waals surface area contributed by atoms with E-state index in [1.54, 1.807) is 0 Å². The third kappa shape index (κ3) is 23.1. The standard InChI is InChI=1S/C46H78O15/c1-3-5-7-9-11-13-14-15-16-17-18-19-20-21-23-25-27-29-38(49)59-34(31-56-37(48)28-26-24-22-12-10-8-6-4-2)32-57-45-44(55)42(53)40(51)36(61-45)33-58-46-43(54)41(52)39(50)35(30-47)60-46/h11,13,15-16,18-19,21,23,34-36,39-47,50-55H,3-10,12,14,17,20,22,24-33H2,1-2H3/b13-11+,16-15+,19-18+,23-21+/t34-,35+,36+,39-,40-,41?,42?,43?,44?,45+,46+/m1/s1. The highest BCUT2D eigenvalue weighted by molar-refractivity contribution is 5.70. The maximum absolute atomic E-state index is 12.9. The second-order valence-corrected chi connectivity index (χ2v) is 15.9. The van der Waals surface area contributed by atoms with Gasteiger partial charge in [0.1, 0.15) is 55.4 Å². The maximum Gasteiger partial charge on any atom is 0.306 e. The smallest absolute Gasteiger partial charge is 0.306 e. The summed E-state index contributed by atoms with van der Waals surface area (Å²) in [7, 11) is 0. The van der Waals surface area contributed by atoms with Gasteiger partial charge in [-0.1, -0.05) is 120 Å². The van der Waals surface area contributed by atoms with Crippen LogP contribution in [-0.4, -0.2) is 142 Å². The van der Waals surface area contributed by atoms with Gasteiger partial charge < -0.3 is 64.2 Å². The van der Waals surface area contributed by atoms with Crippen molar-refractivity contribution in [2.75, 3.05) is 26.4 Å². The lowest BCUT2D eigenvalue weighted by atomic mass is 9.98. The molecule has 7 N–H and O–H groups in total. The summed E-state index contributed by atoms with van der Waals surface area (Å²) in [5.41, 5.74) is 0. The Kier molecular flexibility index (Phi) is 30.4. The van der Waals surface area contributed by atoms with E-state index in [9.17, 15) is 45.3 Å². The molecule has 2 heterocycles. The van der Waals surface area contributed by atoms with Gasteiger partial charge in [-0.15, -0.1) is 0 Å². The summed E-state index contributed by atoms with van der Waals surface area (Å²) in [6, 6.07) is 0. The van der Waals surface area contributed by atoms with Crippen molar-refractivity contribution in [3.63, 3.8) is 0 Å². The van der Waals surface area contributed by atoms with Crippen LogP contribution >= 0.6 is 0 Å². The molecular formula is C46H78O15. The van der Waals surface area contributed by atoms with Crippen molar-refractivity contribution in [3.8, 4) is 0 Å². The SMILES string of the molecule is CCCCC/C=C/C/C=C/C/C=C/C/C=C/CCCC(=O)O[C@H](COC(=O)CCCCCCCCCC)CO[C@H]1O[C@@H](CO[C@H]2O[C@@H](CO)[C@@H](O)C(O)C2O)[C@@H](O)C(O)C1O. The lowest BCUT2D eigenvalue weighted by Gasteiger charge is -2.42. The molecule has 0 aromatic rings. The second kappa shape index (κ2) is 33.9. The Morgan fingerprint density at radius 1 is 0.525 bits per heavy atom. The fourth-order valence-corrected chi connectivity index (χ4v) is 6.74. The largest absolute Gasteiger partial charge is 0.462 e. The van der Waals surface area contributed by atoms with Crippen LogP contribution in [0, 0.1) is 0 Å². The molecular weight excluding hydrogens is 792 g/mol. The fraction of sp³-hybridized carbons (Fsp3) is 0.783. The Balaban J connectivity index is 1.87. The van der Waals surface area contributed by atoms with Crippen LogP contribution in [0.2, 0.25) is 0 Å². The average Bonchev–Trinajstić information content (AvgIpc) is 3.25. The van der Waals surface area contributed by atoms with E-state index in [2.05, 4.69) is 50.3 Å². The maximum atomic E-state index is 12.9. The van der Waals surface area contributed by atoms with E-state index in [0.717, 1.165) is 44.9 Å². The molecule has 0 bridgehead atoms. The van der Waals surface area contributed by atoms with Crippen LogP contribution in [-0.2, 0) is 38.0 Å². The summed E-state index contributed by atoms with van der Waals surface area (Å²) >= 11 is 0. The summed E-state index contributed by atoms with van der Waals surface area (Å²) in [5, 5.41) is 71.8. The van der Waals surface area contributed by atoms with E-state index in [1.807, 2.05) is 12.2 Å². The van der Waals surface area contributed by atoms with Crippen LogP contribution in [0.3, 0.4) is 0 Å². The fourth-order valence-electron chi connectivity index (χ4n) is 6.74. The molecule has 0 aromatic heterocycles. The number of hydrogen-bond donors (Lipinski definition) is 7. The first-order valence-corrected chi connectivity index (χ1v) is 22.7. The molecule has 2 saturated heterocycles. The molecule has 0 aromatic carbocycles. The first-order chi connectivity index (χ1) is 29.5. The normalized spacial score (nSPS) is 27.8. The van der Waals surface area contributed by atoms with Crippen molar-refractivity contribution in [2.45, 2.75) is 203 Å². The van der Waals surface area contributed by atoms with Gasteiger partial charge in [-0.05, 0) is 51.4 Å². The number of rotatable bonds is 33. The second-order valence-electron chi connectivity index (χ2n) is 15.9. The van der Waals surface area contributed by atoms with Crippen LogP contribution < -0.4 is 0 Å². The predicted molar refractivity (Wildman–Crippen MR) is 229 cm³/mol. The van der Waals surface area contributed by atoms with Crippen LogP contribution in [0.5, 0.6) is 0 Å². The number of aliphatic hydroxyl groups excluding tert-OH is 7. The minimum atomic E-state index is -1.77. The monoisotopic (exact) mass is 871 g/mol. The molecule has 352 valence electrons. The Morgan fingerprint density at radius 2 is 1.00 bits per heavy atom. The van der Waals surface area contributed by atoms with E-state index < -0.39 is 99.3 Å². The van der Waals surface area contributed by atoms with Gasteiger partial charge in [0.05, 0.1) is 19.8 Å². The van der Waals surface area contributed by atoms with Crippen LogP contribution in [0.4, 0.5) is 0 Å². The highest BCUT2D eigenvalue weighted by atomic mass is 16.7. The number of allylic oxidation sites excluding steroid dienone is 8. The van der Waals surface area contributed by atoms with Gasteiger partial charge in [0.15, 0.2) is 18.7 Å². The van der Waals surface area contributed by atoms with Gasteiger partial charge in [-0.25, -0.2) is 0 Å². The van der Waals surface area contributed by atoms with E-state index >= 15 is 0 Å². The van der Waals surface area contributed by atoms with Gasteiger partial charge >= 0.3 is 11.9 Å².